The Labute approximate surface area is 72.4 Å². The number of halogens is 1. The lowest BCUT2D eigenvalue weighted by atomic mass is 10.4. The summed E-state index contributed by atoms with van der Waals surface area (Å²) in [5.41, 5.74) is 0.716. The van der Waals surface area contributed by atoms with Crippen LogP contribution in [-0.2, 0) is 13.7 Å². The topological polar surface area (TPSA) is 17.0 Å². The number of nitrogens with one attached hydrogen (secondary N) is 1. The molecule has 1 N–H and O–H groups in total. The maximum Gasteiger partial charge on any atom is 0.129 e. The van der Waals surface area contributed by atoms with Gasteiger partial charge in [-0.3, -0.25) is 0 Å². The normalized spacial score (nSPS) is 10.2. The van der Waals surface area contributed by atoms with Gasteiger partial charge in [-0.15, -0.1) is 0 Å². The zero-order valence-corrected chi connectivity index (χ0v) is 7.60. The number of aromatic nitrogens is 1. The lowest BCUT2D eigenvalue weighted by Crippen LogP contribution is -2.05. The second kappa shape index (κ2) is 4.14. The fourth-order valence-corrected chi connectivity index (χ4v) is 1.12. The minimum absolute atomic E-state index is 0.399. The van der Waals surface area contributed by atoms with Gasteiger partial charge in [-0.1, -0.05) is 6.92 Å². The third-order valence-electron chi connectivity index (χ3n) is 1.92. The molecular formula is C9H15FN2. The molecule has 0 unspecified atom stereocenters. The predicted octanol–water partition coefficient (Wildman–Crippen LogP) is 2.32. The molecule has 0 bridgehead atoms. The van der Waals surface area contributed by atoms with Crippen molar-refractivity contribution in [3.05, 3.63) is 17.8 Å². The van der Waals surface area contributed by atoms with Gasteiger partial charge in [0.05, 0.1) is 5.69 Å². The van der Waals surface area contributed by atoms with E-state index in [2.05, 4.69) is 12.2 Å². The first-order chi connectivity index (χ1) is 5.79. The van der Waals surface area contributed by atoms with Gasteiger partial charge in [0.15, 0.2) is 0 Å². The number of hydrogen-bond acceptors (Lipinski definition) is 1. The number of hydrogen-bond donors (Lipinski definition) is 1. The van der Waals surface area contributed by atoms with Crippen LogP contribution in [0.15, 0.2) is 12.1 Å². The summed E-state index contributed by atoms with van der Waals surface area (Å²) in [5.74, 6) is 0.990. The first-order valence-corrected chi connectivity index (χ1v) is 4.24. The van der Waals surface area contributed by atoms with Crippen molar-refractivity contribution in [3.63, 3.8) is 0 Å². The standard InChI is InChI=1S/C9H15FN2/c1-3-6-11-9-5-4-8(7-10)12(9)2/h4-5,11H,3,6-7H2,1-2H3. The largest absolute Gasteiger partial charge is 0.371 e. The highest BCUT2D eigenvalue weighted by Crippen LogP contribution is 2.13. The van der Waals surface area contributed by atoms with E-state index in [1.807, 2.05) is 17.7 Å². The molecule has 0 aromatic carbocycles. The van der Waals surface area contributed by atoms with Gasteiger partial charge in [-0.05, 0) is 18.6 Å². The van der Waals surface area contributed by atoms with Gasteiger partial charge in [0.2, 0.25) is 0 Å². The van der Waals surface area contributed by atoms with E-state index in [4.69, 9.17) is 0 Å². The summed E-state index contributed by atoms with van der Waals surface area (Å²) in [5, 5.41) is 3.21. The quantitative estimate of drug-likeness (QED) is 0.733. The van der Waals surface area contributed by atoms with Crippen LogP contribution in [0.25, 0.3) is 0 Å². The van der Waals surface area contributed by atoms with Crippen LogP contribution in [0.4, 0.5) is 10.2 Å². The lowest BCUT2D eigenvalue weighted by molar-refractivity contribution is 0.466. The maximum absolute atomic E-state index is 12.3. The molecule has 12 heavy (non-hydrogen) atoms. The number of rotatable bonds is 4. The molecule has 0 spiro atoms. The zero-order valence-electron chi connectivity index (χ0n) is 7.60. The van der Waals surface area contributed by atoms with Crippen molar-refractivity contribution in [2.75, 3.05) is 11.9 Å². The van der Waals surface area contributed by atoms with Gasteiger partial charge in [0.1, 0.15) is 12.5 Å². The fourth-order valence-electron chi connectivity index (χ4n) is 1.12. The van der Waals surface area contributed by atoms with E-state index >= 15 is 0 Å². The Morgan fingerprint density at radius 3 is 2.75 bits per heavy atom. The van der Waals surface area contributed by atoms with Crippen LogP contribution in [0.5, 0.6) is 0 Å². The first kappa shape index (κ1) is 9.10. The van der Waals surface area contributed by atoms with Gasteiger partial charge in [-0.2, -0.15) is 0 Å². The van der Waals surface area contributed by atoms with Crippen LogP contribution < -0.4 is 5.32 Å². The minimum Gasteiger partial charge on any atom is -0.371 e. The molecule has 1 aromatic heterocycles. The molecule has 0 saturated carbocycles. The third kappa shape index (κ3) is 1.78. The molecule has 0 fully saturated rings. The molecule has 1 rings (SSSR count). The van der Waals surface area contributed by atoms with Crippen LogP contribution in [0.1, 0.15) is 19.0 Å². The molecular weight excluding hydrogens is 155 g/mol. The average molecular weight is 170 g/mol. The highest BCUT2D eigenvalue weighted by atomic mass is 19.1. The molecule has 2 nitrogen and oxygen atoms in total. The van der Waals surface area contributed by atoms with Crippen molar-refractivity contribution < 1.29 is 4.39 Å². The van der Waals surface area contributed by atoms with Crippen molar-refractivity contribution in [2.45, 2.75) is 20.0 Å². The Morgan fingerprint density at radius 2 is 2.25 bits per heavy atom. The summed E-state index contributed by atoms with van der Waals surface area (Å²) >= 11 is 0. The van der Waals surface area contributed by atoms with Crippen LogP contribution in [0.3, 0.4) is 0 Å². The monoisotopic (exact) mass is 170 g/mol. The van der Waals surface area contributed by atoms with Gasteiger partial charge in [-0.25, -0.2) is 4.39 Å². The Hall–Kier alpha value is -0.990. The highest BCUT2D eigenvalue weighted by Gasteiger charge is 2.01. The van der Waals surface area contributed by atoms with Crippen LogP contribution in [-0.4, -0.2) is 11.1 Å². The highest BCUT2D eigenvalue weighted by molar-refractivity contribution is 5.39. The molecule has 68 valence electrons. The van der Waals surface area contributed by atoms with Crippen molar-refractivity contribution in [2.24, 2.45) is 7.05 Å². The summed E-state index contributed by atoms with van der Waals surface area (Å²) < 4.78 is 14.1. The first-order valence-electron chi connectivity index (χ1n) is 4.24. The maximum atomic E-state index is 12.3. The van der Waals surface area contributed by atoms with E-state index in [0.29, 0.717) is 5.69 Å². The second-order valence-corrected chi connectivity index (χ2v) is 2.83. The molecule has 1 heterocycles. The number of anilines is 1. The van der Waals surface area contributed by atoms with E-state index in [0.717, 1.165) is 18.8 Å². The molecule has 0 aliphatic carbocycles. The van der Waals surface area contributed by atoms with E-state index in [9.17, 15) is 4.39 Å². The summed E-state index contributed by atoms with van der Waals surface area (Å²) in [4.78, 5) is 0. The Balaban J connectivity index is 2.66. The van der Waals surface area contributed by atoms with E-state index in [1.54, 1.807) is 6.07 Å². The summed E-state index contributed by atoms with van der Waals surface area (Å²) in [7, 11) is 1.87. The van der Waals surface area contributed by atoms with Crippen LogP contribution in [0.2, 0.25) is 0 Å². The summed E-state index contributed by atoms with van der Waals surface area (Å²) in [6.07, 6.45) is 1.08. The number of alkyl halides is 1. The molecule has 0 saturated heterocycles. The van der Waals surface area contributed by atoms with Crippen molar-refractivity contribution in [1.29, 1.82) is 0 Å². The van der Waals surface area contributed by atoms with E-state index in [-0.39, 0.29) is 0 Å². The number of nitrogens with zero attached hydrogens (tertiary/aromatic N) is 1. The Morgan fingerprint density at radius 1 is 1.50 bits per heavy atom. The smallest absolute Gasteiger partial charge is 0.129 e. The van der Waals surface area contributed by atoms with Gasteiger partial charge >= 0.3 is 0 Å². The lowest BCUT2D eigenvalue weighted by Gasteiger charge is -2.06. The SMILES string of the molecule is CCCNc1ccc(CF)n1C. The molecule has 3 heteroatoms. The fraction of sp³-hybridized carbons (Fsp3) is 0.556. The van der Waals surface area contributed by atoms with Crippen molar-refractivity contribution in [1.82, 2.24) is 4.57 Å². The van der Waals surface area contributed by atoms with Gasteiger partial charge in [0.25, 0.3) is 0 Å². The molecule has 0 aliphatic rings. The van der Waals surface area contributed by atoms with Gasteiger partial charge < -0.3 is 9.88 Å². The molecule has 0 aliphatic heterocycles. The molecule has 0 amide bonds. The van der Waals surface area contributed by atoms with E-state index in [1.165, 1.54) is 0 Å². The summed E-state index contributed by atoms with van der Waals surface area (Å²) in [6, 6.07) is 3.71. The predicted molar refractivity (Wildman–Crippen MR) is 49.0 cm³/mol. The molecule has 0 atom stereocenters. The van der Waals surface area contributed by atoms with Gasteiger partial charge in [0, 0.05) is 13.6 Å². The molecule has 0 radical (unpaired) electrons. The van der Waals surface area contributed by atoms with Crippen LogP contribution in [0, 0.1) is 0 Å². The third-order valence-corrected chi connectivity index (χ3v) is 1.92. The Bertz CT molecular complexity index is 243. The molecule has 1 aromatic rings. The zero-order chi connectivity index (χ0) is 8.97. The second-order valence-electron chi connectivity index (χ2n) is 2.83. The van der Waals surface area contributed by atoms with Crippen molar-refractivity contribution in [3.8, 4) is 0 Å². The van der Waals surface area contributed by atoms with E-state index < -0.39 is 6.67 Å². The average Bonchev–Trinajstić information content (AvgIpc) is 2.43. The van der Waals surface area contributed by atoms with Crippen LogP contribution >= 0.6 is 0 Å². The summed E-state index contributed by atoms with van der Waals surface area (Å²) in [6.45, 7) is 2.64. The minimum atomic E-state index is -0.399. The Kier molecular flexibility index (Phi) is 3.14. The van der Waals surface area contributed by atoms with Crippen molar-refractivity contribution >= 4 is 5.82 Å².